The molecule has 160 valence electrons. The smallest absolute Gasteiger partial charge is 0.303 e. The number of hydrogen-bond donors (Lipinski definition) is 1. The molecule has 0 aliphatic heterocycles. The van der Waals surface area contributed by atoms with Gasteiger partial charge in [-0.3, -0.25) is 19.2 Å². The number of aliphatic hydroxyl groups is 1. The zero-order valence-corrected chi connectivity index (χ0v) is 17.7. The van der Waals surface area contributed by atoms with Crippen molar-refractivity contribution in [2.45, 2.75) is 77.7 Å². The van der Waals surface area contributed by atoms with Gasteiger partial charge in [0, 0.05) is 37.5 Å². The first-order valence-corrected chi connectivity index (χ1v) is 11.0. The molecule has 4 aliphatic rings. The number of carbonyl (C=O) groups is 4. The molecule has 0 bridgehead atoms. The van der Waals surface area contributed by atoms with Crippen LogP contribution in [0.3, 0.4) is 0 Å². The molecule has 0 heterocycles. The highest BCUT2D eigenvalue weighted by Crippen LogP contribution is 2.67. The van der Waals surface area contributed by atoms with E-state index < -0.39 is 29.4 Å². The number of ether oxygens (including phenoxy) is 1. The van der Waals surface area contributed by atoms with Crippen molar-refractivity contribution in [1.29, 1.82) is 0 Å². The van der Waals surface area contributed by atoms with Gasteiger partial charge in [0.25, 0.3) is 0 Å². The molecule has 0 unspecified atom stereocenters. The molecule has 0 spiro atoms. The molecule has 4 saturated carbocycles. The average molecular weight is 405 g/mol. The maximum atomic E-state index is 13.5. The van der Waals surface area contributed by atoms with E-state index in [9.17, 15) is 24.3 Å². The summed E-state index contributed by atoms with van der Waals surface area (Å²) in [5.74, 6) is -0.187. The predicted octanol–water partition coefficient (Wildman–Crippen LogP) is 2.64. The normalized spacial score (nSPS) is 46.5. The highest BCUT2D eigenvalue weighted by molar-refractivity contribution is 5.93. The Morgan fingerprint density at radius 3 is 2.55 bits per heavy atom. The summed E-state index contributed by atoms with van der Waals surface area (Å²) in [6.45, 7) is 4.86. The van der Waals surface area contributed by atoms with Gasteiger partial charge >= 0.3 is 5.97 Å². The van der Waals surface area contributed by atoms with Crippen LogP contribution < -0.4 is 0 Å². The molecule has 7 atom stereocenters. The lowest BCUT2D eigenvalue weighted by molar-refractivity contribution is -0.180. The molecule has 1 N–H and O–H groups in total. The summed E-state index contributed by atoms with van der Waals surface area (Å²) in [5.41, 5.74) is -2.61. The number of Topliss-reactive ketones (excluding diaryl/α,β-unsaturated/α-hetero) is 3. The van der Waals surface area contributed by atoms with E-state index in [1.165, 1.54) is 6.92 Å². The van der Waals surface area contributed by atoms with Gasteiger partial charge in [-0.1, -0.05) is 13.8 Å². The monoisotopic (exact) mass is 404 g/mol. The van der Waals surface area contributed by atoms with Crippen molar-refractivity contribution in [3.05, 3.63) is 0 Å². The number of esters is 1. The van der Waals surface area contributed by atoms with E-state index in [0.29, 0.717) is 31.5 Å². The first kappa shape index (κ1) is 20.7. The molecule has 29 heavy (non-hydrogen) atoms. The third-order valence-corrected chi connectivity index (χ3v) is 9.19. The lowest BCUT2D eigenvalue weighted by atomic mass is 9.44. The van der Waals surface area contributed by atoms with E-state index in [2.05, 4.69) is 6.92 Å². The first-order chi connectivity index (χ1) is 13.5. The highest BCUT2D eigenvalue weighted by atomic mass is 16.5. The SMILES string of the molecule is CC(=O)OCC(=O)[C@@]1(O)CC[C@H]2[C@@H]3CC[C@H]4CC(=O)CC[C@]4(C)[C@@H]3C(=O)C[C@@]21C. The van der Waals surface area contributed by atoms with E-state index in [1.807, 2.05) is 6.92 Å². The molecule has 4 fully saturated rings. The lowest BCUT2D eigenvalue weighted by Gasteiger charge is -2.59. The molecule has 0 amide bonds. The van der Waals surface area contributed by atoms with Crippen LogP contribution in [-0.2, 0) is 23.9 Å². The molecule has 4 aliphatic carbocycles. The lowest BCUT2D eigenvalue weighted by Crippen LogP contribution is -2.62. The second-order valence-electron chi connectivity index (χ2n) is 10.4. The minimum Gasteiger partial charge on any atom is -0.458 e. The Balaban J connectivity index is 1.64. The first-order valence-electron chi connectivity index (χ1n) is 11.0. The van der Waals surface area contributed by atoms with Crippen LogP contribution in [0.2, 0.25) is 0 Å². The third kappa shape index (κ3) is 2.85. The van der Waals surface area contributed by atoms with Gasteiger partial charge in [0.2, 0.25) is 5.78 Å². The fourth-order valence-electron chi connectivity index (χ4n) is 7.61. The van der Waals surface area contributed by atoms with E-state index in [4.69, 9.17) is 4.74 Å². The summed E-state index contributed by atoms with van der Waals surface area (Å²) < 4.78 is 4.87. The standard InChI is InChI=1S/C23H32O6/c1-13(24)29-12-19(27)23(28)9-7-17-16-5-4-14-10-15(25)6-8-21(14,2)20(16)18(26)11-22(17,23)3/h14,16-17,20,28H,4-12H2,1-3H3/t14-,16-,17-,20-,21-,22-,23-/m0/s1. The Bertz CT molecular complexity index is 773. The van der Waals surface area contributed by atoms with Crippen LogP contribution in [0.4, 0.5) is 0 Å². The number of ketones is 3. The van der Waals surface area contributed by atoms with E-state index in [1.54, 1.807) is 0 Å². The predicted molar refractivity (Wildman–Crippen MR) is 104 cm³/mol. The Morgan fingerprint density at radius 1 is 1.14 bits per heavy atom. The van der Waals surface area contributed by atoms with Gasteiger partial charge in [-0.05, 0) is 55.3 Å². The van der Waals surface area contributed by atoms with Gasteiger partial charge in [-0.2, -0.15) is 0 Å². The summed E-state index contributed by atoms with van der Waals surface area (Å²) in [7, 11) is 0. The number of hydrogen-bond acceptors (Lipinski definition) is 6. The van der Waals surface area contributed by atoms with Gasteiger partial charge < -0.3 is 9.84 Å². The van der Waals surface area contributed by atoms with Gasteiger partial charge in [0.1, 0.15) is 17.2 Å². The summed E-state index contributed by atoms with van der Waals surface area (Å²) in [6.07, 6.45) is 4.90. The summed E-state index contributed by atoms with van der Waals surface area (Å²) in [5, 5.41) is 11.4. The van der Waals surface area contributed by atoms with Gasteiger partial charge in [-0.25, -0.2) is 0 Å². The maximum absolute atomic E-state index is 13.5. The molecule has 6 heteroatoms. The molecule has 0 aromatic rings. The van der Waals surface area contributed by atoms with E-state index >= 15 is 0 Å². The fourth-order valence-corrected chi connectivity index (χ4v) is 7.61. The van der Waals surface area contributed by atoms with Crippen molar-refractivity contribution in [2.24, 2.45) is 34.5 Å². The molecule has 0 radical (unpaired) electrons. The number of rotatable bonds is 3. The molecule has 4 rings (SSSR count). The maximum Gasteiger partial charge on any atom is 0.303 e. The van der Waals surface area contributed by atoms with Gasteiger partial charge in [0.05, 0.1) is 0 Å². The van der Waals surface area contributed by atoms with Crippen LogP contribution in [0.15, 0.2) is 0 Å². The zero-order chi connectivity index (χ0) is 21.2. The average Bonchev–Trinajstić information content (AvgIpc) is 2.91. The largest absolute Gasteiger partial charge is 0.458 e. The molecular weight excluding hydrogens is 372 g/mol. The number of fused-ring (bicyclic) bond motifs is 5. The molecule has 0 aromatic heterocycles. The summed E-state index contributed by atoms with van der Waals surface area (Å²) in [4.78, 5) is 49.5. The Kier molecular flexibility index (Phi) is 4.80. The number of carbonyl (C=O) groups excluding carboxylic acids is 4. The van der Waals surface area contributed by atoms with Crippen molar-refractivity contribution in [2.75, 3.05) is 6.61 Å². The Labute approximate surface area is 171 Å². The van der Waals surface area contributed by atoms with Crippen LogP contribution in [0.25, 0.3) is 0 Å². The van der Waals surface area contributed by atoms with E-state index in [0.717, 1.165) is 19.3 Å². The van der Waals surface area contributed by atoms with Crippen LogP contribution >= 0.6 is 0 Å². The van der Waals surface area contributed by atoms with Crippen LogP contribution in [0.1, 0.15) is 72.1 Å². The molecule has 0 saturated heterocycles. The molecule has 0 aromatic carbocycles. The van der Waals surface area contributed by atoms with E-state index in [-0.39, 0.29) is 41.3 Å². The summed E-state index contributed by atoms with van der Waals surface area (Å²) >= 11 is 0. The van der Waals surface area contributed by atoms with Gasteiger partial charge in [-0.15, -0.1) is 0 Å². The second kappa shape index (κ2) is 6.73. The minimum atomic E-state index is -1.63. The van der Waals surface area contributed by atoms with Crippen molar-refractivity contribution in [3.8, 4) is 0 Å². The Morgan fingerprint density at radius 2 is 1.86 bits per heavy atom. The minimum absolute atomic E-state index is 0.0849. The topological polar surface area (TPSA) is 97.7 Å². The molecular formula is C23H32O6. The van der Waals surface area contributed by atoms with Crippen LogP contribution in [0.5, 0.6) is 0 Å². The van der Waals surface area contributed by atoms with Crippen molar-refractivity contribution in [1.82, 2.24) is 0 Å². The zero-order valence-electron chi connectivity index (χ0n) is 17.7. The van der Waals surface area contributed by atoms with Crippen molar-refractivity contribution < 1.29 is 29.0 Å². The van der Waals surface area contributed by atoms with Crippen molar-refractivity contribution >= 4 is 23.3 Å². The third-order valence-electron chi connectivity index (χ3n) is 9.19. The molecule has 6 nitrogen and oxygen atoms in total. The van der Waals surface area contributed by atoms with Gasteiger partial charge in [0.15, 0.2) is 6.61 Å². The quantitative estimate of drug-likeness (QED) is 0.726. The Hall–Kier alpha value is -1.56. The van der Waals surface area contributed by atoms with Crippen LogP contribution in [0, 0.1) is 34.5 Å². The van der Waals surface area contributed by atoms with Crippen molar-refractivity contribution in [3.63, 3.8) is 0 Å². The highest BCUT2D eigenvalue weighted by Gasteiger charge is 2.69. The second-order valence-corrected chi connectivity index (χ2v) is 10.4. The van der Waals surface area contributed by atoms with Crippen LogP contribution in [-0.4, -0.2) is 40.6 Å². The fraction of sp³-hybridized carbons (Fsp3) is 0.826. The summed E-state index contributed by atoms with van der Waals surface area (Å²) in [6, 6.07) is 0.